The molecule has 0 atom stereocenters. The summed E-state index contributed by atoms with van der Waals surface area (Å²) in [5.41, 5.74) is 1.56. The number of benzene rings is 2. The van der Waals surface area contributed by atoms with Gasteiger partial charge in [-0.05, 0) is 30.3 Å². The van der Waals surface area contributed by atoms with Crippen molar-refractivity contribution < 1.29 is 9.53 Å². The first-order chi connectivity index (χ1) is 13.1. The molecule has 0 radical (unpaired) electrons. The Hall–Kier alpha value is -3.02. The number of aromatic nitrogens is 3. The molecule has 0 aliphatic heterocycles. The summed E-state index contributed by atoms with van der Waals surface area (Å²) in [7, 11) is 1.56. The van der Waals surface area contributed by atoms with Gasteiger partial charge < -0.3 is 10.1 Å². The van der Waals surface area contributed by atoms with Crippen molar-refractivity contribution in [2.75, 3.05) is 18.2 Å². The maximum absolute atomic E-state index is 12.1. The van der Waals surface area contributed by atoms with Gasteiger partial charge >= 0.3 is 0 Å². The molecule has 3 rings (SSSR count). The quantitative estimate of drug-likeness (QED) is 0.612. The highest BCUT2D eigenvalue weighted by Crippen LogP contribution is 2.31. The van der Waals surface area contributed by atoms with Crippen molar-refractivity contribution in [3.05, 3.63) is 53.1 Å². The number of ether oxygens (including phenoxy) is 1. The lowest BCUT2D eigenvalue weighted by molar-refractivity contribution is -0.113. The summed E-state index contributed by atoms with van der Waals surface area (Å²) < 4.78 is 5.31. The molecule has 1 aromatic heterocycles. The van der Waals surface area contributed by atoms with E-state index in [1.807, 2.05) is 6.07 Å². The smallest absolute Gasteiger partial charge is 0.234 e. The number of rotatable bonds is 6. The molecule has 136 valence electrons. The number of anilines is 1. The third-order valence-electron chi connectivity index (χ3n) is 3.54. The number of H-pyrrole nitrogens is 1. The molecule has 0 spiro atoms. The highest BCUT2D eigenvalue weighted by atomic mass is 35.5. The van der Waals surface area contributed by atoms with Crippen LogP contribution in [-0.2, 0) is 4.79 Å². The van der Waals surface area contributed by atoms with Gasteiger partial charge in [-0.1, -0.05) is 35.5 Å². The molecule has 0 aliphatic rings. The van der Waals surface area contributed by atoms with Crippen LogP contribution in [0.15, 0.2) is 47.6 Å². The average molecular weight is 400 g/mol. The van der Waals surface area contributed by atoms with Crippen LogP contribution in [0.3, 0.4) is 0 Å². The lowest BCUT2D eigenvalue weighted by Crippen LogP contribution is -2.15. The van der Waals surface area contributed by atoms with Crippen LogP contribution in [0.1, 0.15) is 5.56 Å². The van der Waals surface area contributed by atoms with Gasteiger partial charge in [0, 0.05) is 5.02 Å². The zero-order chi connectivity index (χ0) is 19.2. The average Bonchev–Trinajstić information content (AvgIpc) is 3.15. The number of nitrogens with one attached hydrogen (secondary N) is 2. The number of carbonyl (C=O) groups excluding carboxylic acids is 1. The Bertz CT molecular complexity index is 1010. The van der Waals surface area contributed by atoms with E-state index in [0.29, 0.717) is 38.6 Å². The van der Waals surface area contributed by atoms with Gasteiger partial charge in [0.05, 0.1) is 29.7 Å². The van der Waals surface area contributed by atoms with Crippen LogP contribution in [-0.4, -0.2) is 34.0 Å². The normalized spacial score (nSPS) is 10.3. The first-order valence-corrected chi connectivity index (χ1v) is 9.15. The van der Waals surface area contributed by atoms with Crippen LogP contribution in [0, 0.1) is 11.3 Å². The molecule has 0 bridgehead atoms. The molecule has 0 fully saturated rings. The van der Waals surface area contributed by atoms with Gasteiger partial charge in [0.1, 0.15) is 11.8 Å². The topological polar surface area (TPSA) is 104 Å². The summed E-state index contributed by atoms with van der Waals surface area (Å²) in [4.78, 5) is 16.5. The van der Waals surface area contributed by atoms with Gasteiger partial charge in [0.2, 0.25) is 11.1 Å². The minimum absolute atomic E-state index is 0.101. The molecular formula is C18H14ClN5O2S. The monoisotopic (exact) mass is 399 g/mol. The number of hydrogen-bond donors (Lipinski definition) is 2. The standard InChI is InChI=1S/C18H14ClN5O2S/c1-26-15-7-6-12(19)8-13(15)17-22-18(24-23-17)27-10-16(25)21-14-5-3-2-4-11(14)9-20/h2-8H,10H2,1H3,(H,21,25)(H,22,23,24). The molecule has 27 heavy (non-hydrogen) atoms. The van der Waals surface area contributed by atoms with E-state index in [1.54, 1.807) is 49.6 Å². The lowest BCUT2D eigenvalue weighted by Gasteiger charge is -2.06. The molecule has 9 heteroatoms. The van der Waals surface area contributed by atoms with Crippen LogP contribution in [0.4, 0.5) is 5.69 Å². The maximum Gasteiger partial charge on any atom is 0.234 e. The molecule has 1 amide bonds. The first-order valence-electron chi connectivity index (χ1n) is 7.79. The van der Waals surface area contributed by atoms with E-state index < -0.39 is 0 Å². The zero-order valence-corrected chi connectivity index (χ0v) is 15.8. The highest BCUT2D eigenvalue weighted by molar-refractivity contribution is 7.99. The largest absolute Gasteiger partial charge is 0.496 e. The van der Waals surface area contributed by atoms with Crippen molar-refractivity contribution in [1.29, 1.82) is 5.26 Å². The summed E-state index contributed by atoms with van der Waals surface area (Å²) in [6.07, 6.45) is 0. The van der Waals surface area contributed by atoms with Crippen molar-refractivity contribution in [1.82, 2.24) is 15.2 Å². The summed E-state index contributed by atoms with van der Waals surface area (Å²) in [5.74, 6) is 0.948. The molecule has 0 unspecified atom stereocenters. The highest BCUT2D eigenvalue weighted by Gasteiger charge is 2.13. The Kier molecular flexibility index (Phi) is 5.96. The van der Waals surface area contributed by atoms with E-state index in [-0.39, 0.29) is 11.7 Å². The predicted molar refractivity (Wildman–Crippen MR) is 104 cm³/mol. The number of methoxy groups -OCH3 is 1. The molecule has 0 saturated heterocycles. The van der Waals surface area contributed by atoms with Crippen LogP contribution in [0.5, 0.6) is 5.75 Å². The maximum atomic E-state index is 12.1. The summed E-state index contributed by atoms with van der Waals surface area (Å²) in [6.45, 7) is 0. The van der Waals surface area contributed by atoms with Gasteiger partial charge in [0.15, 0.2) is 5.82 Å². The number of hydrogen-bond acceptors (Lipinski definition) is 6. The van der Waals surface area contributed by atoms with Crippen LogP contribution in [0.25, 0.3) is 11.4 Å². The van der Waals surface area contributed by atoms with Crippen molar-refractivity contribution in [3.8, 4) is 23.2 Å². The van der Waals surface area contributed by atoms with E-state index in [9.17, 15) is 4.79 Å². The van der Waals surface area contributed by atoms with Crippen molar-refractivity contribution in [3.63, 3.8) is 0 Å². The number of halogens is 1. The Labute approximate surface area is 164 Å². The molecular weight excluding hydrogens is 386 g/mol. The molecule has 0 aliphatic carbocycles. The summed E-state index contributed by atoms with van der Waals surface area (Å²) in [5, 5.41) is 19.7. The van der Waals surface area contributed by atoms with Gasteiger partial charge in [-0.15, -0.1) is 5.10 Å². The number of carbonyl (C=O) groups is 1. The second-order valence-corrected chi connectivity index (χ2v) is 6.68. The number of nitrogens with zero attached hydrogens (tertiary/aromatic N) is 3. The number of nitriles is 1. The fourth-order valence-corrected chi connectivity index (χ4v) is 3.07. The fourth-order valence-electron chi connectivity index (χ4n) is 2.30. The van der Waals surface area contributed by atoms with E-state index in [0.717, 1.165) is 0 Å². The molecule has 3 aromatic rings. The second-order valence-electron chi connectivity index (χ2n) is 5.31. The van der Waals surface area contributed by atoms with E-state index >= 15 is 0 Å². The van der Waals surface area contributed by atoms with Gasteiger partial charge in [-0.25, -0.2) is 4.98 Å². The van der Waals surface area contributed by atoms with E-state index in [4.69, 9.17) is 21.6 Å². The SMILES string of the molecule is COc1ccc(Cl)cc1-c1nc(SCC(=O)Nc2ccccc2C#N)n[nH]1. The van der Waals surface area contributed by atoms with Crippen LogP contribution in [0.2, 0.25) is 5.02 Å². The Morgan fingerprint density at radius 1 is 1.37 bits per heavy atom. The molecule has 0 saturated carbocycles. The Morgan fingerprint density at radius 2 is 2.19 bits per heavy atom. The number of para-hydroxylation sites is 1. The molecule has 2 N–H and O–H groups in total. The third kappa shape index (κ3) is 4.58. The molecule has 1 heterocycles. The summed E-state index contributed by atoms with van der Waals surface area (Å²) >= 11 is 7.21. The van der Waals surface area contributed by atoms with Crippen molar-refractivity contribution in [2.45, 2.75) is 5.16 Å². The second kappa shape index (κ2) is 8.58. The third-order valence-corrected chi connectivity index (χ3v) is 4.62. The number of amides is 1. The van der Waals surface area contributed by atoms with E-state index in [1.165, 1.54) is 11.8 Å². The van der Waals surface area contributed by atoms with Crippen LogP contribution >= 0.6 is 23.4 Å². The Morgan fingerprint density at radius 3 is 2.96 bits per heavy atom. The number of thioether (sulfide) groups is 1. The Balaban J connectivity index is 1.66. The first kappa shape index (κ1) is 18.8. The van der Waals surface area contributed by atoms with Gasteiger partial charge in [-0.3, -0.25) is 9.89 Å². The molecule has 7 nitrogen and oxygen atoms in total. The zero-order valence-electron chi connectivity index (χ0n) is 14.2. The lowest BCUT2D eigenvalue weighted by atomic mass is 10.2. The van der Waals surface area contributed by atoms with Gasteiger partial charge in [0.25, 0.3) is 0 Å². The van der Waals surface area contributed by atoms with E-state index in [2.05, 4.69) is 20.5 Å². The van der Waals surface area contributed by atoms with Crippen molar-refractivity contribution >= 4 is 35.0 Å². The number of aromatic amines is 1. The molecule has 2 aromatic carbocycles. The fraction of sp³-hybridized carbons (Fsp3) is 0.111. The van der Waals surface area contributed by atoms with Crippen LogP contribution < -0.4 is 10.1 Å². The minimum atomic E-state index is -0.255. The van der Waals surface area contributed by atoms with Gasteiger partial charge in [-0.2, -0.15) is 5.26 Å². The summed E-state index contributed by atoms with van der Waals surface area (Å²) in [6, 6.07) is 14.0. The van der Waals surface area contributed by atoms with Crippen molar-refractivity contribution in [2.24, 2.45) is 0 Å². The minimum Gasteiger partial charge on any atom is -0.496 e. The predicted octanol–water partition coefficient (Wildman–Crippen LogP) is 3.74.